The number of nitrogens with one attached hydrogen (secondary N) is 2. The second-order valence-corrected chi connectivity index (χ2v) is 9.45. The van der Waals surface area contributed by atoms with Gasteiger partial charge in [-0.15, -0.1) is 11.3 Å². The highest BCUT2D eigenvalue weighted by Gasteiger charge is 2.21. The average molecular weight is 422 g/mol. The van der Waals surface area contributed by atoms with E-state index in [2.05, 4.69) is 16.1 Å². The monoisotopic (exact) mass is 421 g/mol. The van der Waals surface area contributed by atoms with Crippen molar-refractivity contribution < 1.29 is 18.0 Å². The van der Waals surface area contributed by atoms with Gasteiger partial charge in [-0.3, -0.25) is 9.59 Å². The summed E-state index contributed by atoms with van der Waals surface area (Å²) in [6, 6.07) is 8.43. The van der Waals surface area contributed by atoms with E-state index >= 15 is 0 Å². The maximum atomic E-state index is 12.4. The third-order valence-electron chi connectivity index (χ3n) is 4.69. The van der Waals surface area contributed by atoms with Gasteiger partial charge in [0.1, 0.15) is 0 Å². The molecule has 0 saturated carbocycles. The molecule has 3 rings (SSSR count). The molecule has 0 spiro atoms. The van der Waals surface area contributed by atoms with Crippen LogP contribution in [0.2, 0.25) is 0 Å². The molecule has 2 aromatic rings. The standard InChI is InChI=1S/C19H23N3O4S2/c1-20-28(25,26)16-4-2-3-14(11-16)12-21-18(23)5-6-19(24)22-9-7-17-15(13-22)8-10-27-17/h2-4,8,10-11,20H,5-7,9,12-13H2,1H3,(H,21,23). The topological polar surface area (TPSA) is 95.6 Å². The fraction of sp³-hybridized carbons (Fsp3) is 0.368. The second-order valence-electron chi connectivity index (χ2n) is 6.57. The lowest BCUT2D eigenvalue weighted by molar-refractivity contribution is -0.134. The summed E-state index contributed by atoms with van der Waals surface area (Å²) in [6.07, 6.45) is 1.15. The fourth-order valence-corrected chi connectivity index (χ4v) is 4.76. The number of hydrogen-bond donors (Lipinski definition) is 2. The van der Waals surface area contributed by atoms with Crippen molar-refractivity contribution in [3.8, 4) is 0 Å². The Labute approximate surface area is 168 Å². The van der Waals surface area contributed by atoms with Gasteiger partial charge in [-0.05, 0) is 48.2 Å². The summed E-state index contributed by atoms with van der Waals surface area (Å²) in [5.74, 6) is -0.252. The molecule has 1 aromatic carbocycles. The summed E-state index contributed by atoms with van der Waals surface area (Å²) in [6.45, 7) is 1.52. The van der Waals surface area contributed by atoms with E-state index in [0.29, 0.717) is 18.7 Å². The first kappa shape index (κ1) is 20.5. The molecule has 1 aliphatic heterocycles. The molecular formula is C19H23N3O4S2. The predicted molar refractivity (Wildman–Crippen MR) is 107 cm³/mol. The van der Waals surface area contributed by atoms with Crippen LogP contribution >= 0.6 is 11.3 Å². The van der Waals surface area contributed by atoms with Crippen LogP contribution in [0, 0.1) is 0 Å². The van der Waals surface area contributed by atoms with Gasteiger partial charge in [-0.1, -0.05) is 12.1 Å². The first-order chi connectivity index (χ1) is 13.4. The highest BCUT2D eigenvalue weighted by Crippen LogP contribution is 2.24. The summed E-state index contributed by atoms with van der Waals surface area (Å²) in [5, 5.41) is 4.79. The van der Waals surface area contributed by atoms with E-state index in [1.165, 1.54) is 29.6 Å². The number of sulfonamides is 1. The minimum Gasteiger partial charge on any atom is -0.352 e. The molecule has 0 aliphatic carbocycles. The number of benzene rings is 1. The van der Waals surface area contributed by atoms with E-state index in [9.17, 15) is 18.0 Å². The van der Waals surface area contributed by atoms with Crippen molar-refractivity contribution in [3.63, 3.8) is 0 Å². The SMILES string of the molecule is CNS(=O)(=O)c1cccc(CNC(=O)CCC(=O)N2CCc3sccc3C2)c1. The maximum Gasteiger partial charge on any atom is 0.240 e. The Morgan fingerprint density at radius 3 is 2.82 bits per heavy atom. The number of nitrogens with zero attached hydrogens (tertiary/aromatic N) is 1. The van der Waals surface area contributed by atoms with Crippen LogP contribution in [0.1, 0.15) is 28.8 Å². The van der Waals surface area contributed by atoms with Gasteiger partial charge in [0.05, 0.1) is 4.90 Å². The predicted octanol–water partition coefficient (Wildman–Crippen LogP) is 1.64. The number of carbonyl (C=O) groups is 2. The number of carbonyl (C=O) groups excluding carboxylic acids is 2. The van der Waals surface area contributed by atoms with Crippen LogP contribution in [0.25, 0.3) is 0 Å². The van der Waals surface area contributed by atoms with Crippen molar-refractivity contribution in [2.24, 2.45) is 0 Å². The zero-order chi connectivity index (χ0) is 20.1. The third kappa shape index (κ3) is 4.98. The first-order valence-electron chi connectivity index (χ1n) is 9.01. The molecule has 150 valence electrons. The quantitative estimate of drug-likeness (QED) is 0.710. The third-order valence-corrected chi connectivity index (χ3v) is 7.13. The van der Waals surface area contributed by atoms with Crippen LogP contribution in [0.5, 0.6) is 0 Å². The van der Waals surface area contributed by atoms with E-state index in [1.54, 1.807) is 28.4 Å². The second kappa shape index (κ2) is 8.85. The van der Waals surface area contributed by atoms with Crippen LogP contribution in [0.3, 0.4) is 0 Å². The van der Waals surface area contributed by atoms with Crippen molar-refractivity contribution in [3.05, 3.63) is 51.7 Å². The molecule has 1 aromatic heterocycles. The number of amides is 2. The van der Waals surface area contributed by atoms with Crippen LogP contribution in [-0.2, 0) is 39.1 Å². The van der Waals surface area contributed by atoms with Gasteiger partial charge in [-0.25, -0.2) is 13.1 Å². The van der Waals surface area contributed by atoms with Gasteiger partial charge in [0.15, 0.2) is 0 Å². The molecule has 9 heteroatoms. The van der Waals surface area contributed by atoms with Gasteiger partial charge in [0.25, 0.3) is 0 Å². The zero-order valence-corrected chi connectivity index (χ0v) is 17.2. The van der Waals surface area contributed by atoms with E-state index in [1.807, 2.05) is 5.38 Å². The van der Waals surface area contributed by atoms with Crippen molar-refractivity contribution in [1.29, 1.82) is 0 Å². The van der Waals surface area contributed by atoms with Crippen LogP contribution < -0.4 is 10.0 Å². The van der Waals surface area contributed by atoms with E-state index in [-0.39, 0.29) is 36.1 Å². The Bertz CT molecular complexity index is 969. The van der Waals surface area contributed by atoms with Crippen molar-refractivity contribution in [2.75, 3.05) is 13.6 Å². The summed E-state index contributed by atoms with van der Waals surface area (Å²) in [4.78, 5) is 27.7. The minimum absolute atomic E-state index is 0.0193. The van der Waals surface area contributed by atoms with Gasteiger partial charge >= 0.3 is 0 Å². The lowest BCUT2D eigenvalue weighted by Gasteiger charge is -2.27. The van der Waals surface area contributed by atoms with Gasteiger partial charge in [-0.2, -0.15) is 0 Å². The summed E-state index contributed by atoms with van der Waals surface area (Å²) in [5.41, 5.74) is 1.88. The lowest BCUT2D eigenvalue weighted by Crippen LogP contribution is -2.36. The van der Waals surface area contributed by atoms with Crippen LogP contribution in [0.15, 0.2) is 40.6 Å². The molecule has 28 heavy (non-hydrogen) atoms. The summed E-state index contributed by atoms with van der Waals surface area (Å²) >= 11 is 1.72. The Kier molecular flexibility index (Phi) is 6.48. The van der Waals surface area contributed by atoms with Crippen molar-refractivity contribution in [2.45, 2.75) is 37.2 Å². The molecule has 0 saturated heterocycles. The highest BCUT2D eigenvalue weighted by molar-refractivity contribution is 7.89. The molecule has 1 aliphatic rings. The lowest BCUT2D eigenvalue weighted by atomic mass is 10.1. The number of rotatable bonds is 7. The Morgan fingerprint density at radius 2 is 2.04 bits per heavy atom. The van der Waals surface area contributed by atoms with Crippen molar-refractivity contribution >= 4 is 33.2 Å². The maximum absolute atomic E-state index is 12.4. The molecule has 0 fully saturated rings. The largest absolute Gasteiger partial charge is 0.352 e. The number of thiophene rings is 1. The van der Waals surface area contributed by atoms with Crippen LogP contribution in [-0.4, -0.2) is 38.7 Å². The molecule has 0 atom stereocenters. The fourth-order valence-electron chi connectivity index (χ4n) is 3.07. The molecule has 0 unspecified atom stereocenters. The Hall–Kier alpha value is -2.23. The minimum atomic E-state index is -3.52. The number of fused-ring (bicyclic) bond motifs is 1. The summed E-state index contributed by atoms with van der Waals surface area (Å²) < 4.78 is 25.9. The Balaban J connectivity index is 1.46. The van der Waals surface area contributed by atoms with E-state index < -0.39 is 10.0 Å². The molecule has 2 heterocycles. The molecule has 7 nitrogen and oxygen atoms in total. The van der Waals surface area contributed by atoms with Gasteiger partial charge in [0, 0.05) is 37.4 Å². The average Bonchev–Trinajstić information content (AvgIpc) is 3.18. The van der Waals surface area contributed by atoms with Gasteiger partial charge in [0.2, 0.25) is 21.8 Å². The smallest absolute Gasteiger partial charge is 0.240 e. The normalized spacial score (nSPS) is 13.8. The van der Waals surface area contributed by atoms with Crippen LogP contribution in [0.4, 0.5) is 0 Å². The summed E-state index contributed by atoms with van der Waals surface area (Å²) in [7, 11) is -2.17. The number of hydrogen-bond acceptors (Lipinski definition) is 5. The Morgan fingerprint density at radius 1 is 1.21 bits per heavy atom. The van der Waals surface area contributed by atoms with Crippen molar-refractivity contribution in [1.82, 2.24) is 14.9 Å². The molecule has 2 amide bonds. The molecule has 0 bridgehead atoms. The van der Waals surface area contributed by atoms with E-state index in [4.69, 9.17) is 0 Å². The zero-order valence-electron chi connectivity index (χ0n) is 15.6. The first-order valence-corrected chi connectivity index (χ1v) is 11.4. The van der Waals surface area contributed by atoms with E-state index in [0.717, 1.165) is 6.42 Å². The molecule has 2 N–H and O–H groups in total. The molecular weight excluding hydrogens is 398 g/mol. The highest BCUT2D eigenvalue weighted by atomic mass is 32.2. The molecule has 0 radical (unpaired) electrons. The van der Waals surface area contributed by atoms with Gasteiger partial charge < -0.3 is 10.2 Å².